The molecule has 2 aromatic rings. The van der Waals surface area contributed by atoms with Crippen LogP contribution in [0.25, 0.3) is 0 Å². The number of aliphatic hydroxyl groups is 1. The number of likely N-dealkylation sites (N-methyl/N-ethyl adjacent to an activating group) is 1. The van der Waals surface area contributed by atoms with Crippen LogP contribution in [0.1, 0.15) is 55.1 Å². The number of nitrogens with zero attached hydrogens (tertiary/aromatic N) is 2. The Bertz CT molecular complexity index is 1040. The minimum Gasteiger partial charge on any atom is -0.392 e. The lowest BCUT2D eigenvalue weighted by Gasteiger charge is -2.53. The van der Waals surface area contributed by atoms with E-state index in [9.17, 15) is 9.90 Å². The van der Waals surface area contributed by atoms with Gasteiger partial charge in [-0.1, -0.05) is 39.0 Å². The summed E-state index contributed by atoms with van der Waals surface area (Å²) in [5.41, 5.74) is 1.26. The van der Waals surface area contributed by atoms with Crippen LogP contribution < -0.4 is 4.90 Å². The second-order valence-corrected chi connectivity index (χ2v) is 13.6. The highest BCUT2D eigenvalue weighted by molar-refractivity contribution is 7.98. The maximum Gasteiger partial charge on any atom is 0.226 e. The highest BCUT2D eigenvalue weighted by Gasteiger charge is 2.54. The van der Waals surface area contributed by atoms with Crippen LogP contribution in [0.2, 0.25) is 0 Å². The number of nitrogens with one attached hydrogen (secondary N) is 1. The number of fused-ring (bicyclic) bond motifs is 2. The molecule has 0 bridgehead atoms. The highest BCUT2D eigenvalue weighted by Crippen LogP contribution is 2.57. The van der Waals surface area contributed by atoms with E-state index < -0.39 is 6.10 Å². The van der Waals surface area contributed by atoms with Gasteiger partial charge in [0.05, 0.1) is 50.8 Å². The van der Waals surface area contributed by atoms with Gasteiger partial charge in [-0.05, 0) is 48.6 Å². The third-order valence-electron chi connectivity index (χ3n) is 9.03. The maximum atomic E-state index is 13.4. The summed E-state index contributed by atoms with van der Waals surface area (Å²) in [7, 11) is 2.19. The van der Waals surface area contributed by atoms with Gasteiger partial charge in [-0.25, -0.2) is 4.98 Å². The van der Waals surface area contributed by atoms with Crippen LogP contribution in [0, 0.1) is 23.2 Å². The molecular formula is C28H40N3O2S2+. The zero-order valence-electron chi connectivity index (χ0n) is 21.5. The Kier molecular flexibility index (Phi) is 7.33. The van der Waals surface area contributed by atoms with Crippen molar-refractivity contribution < 1.29 is 14.8 Å². The lowest BCUT2D eigenvalue weighted by atomic mass is 9.53. The molecule has 2 N–H and O–H groups in total. The molecule has 190 valence electrons. The first-order valence-corrected chi connectivity index (χ1v) is 15.0. The van der Waals surface area contributed by atoms with Gasteiger partial charge in [-0.15, -0.1) is 23.1 Å². The number of hydrogen-bond donors (Lipinski definition) is 2. The van der Waals surface area contributed by atoms with Crippen LogP contribution in [0.3, 0.4) is 0 Å². The molecule has 5 rings (SSSR count). The van der Waals surface area contributed by atoms with Crippen molar-refractivity contribution in [3.63, 3.8) is 0 Å². The minimum atomic E-state index is -0.460. The predicted octanol–water partition coefficient (Wildman–Crippen LogP) is 3.48. The molecule has 5 nitrogen and oxygen atoms in total. The summed E-state index contributed by atoms with van der Waals surface area (Å²) in [5, 5.41) is 12.9. The number of benzene rings is 1. The van der Waals surface area contributed by atoms with E-state index in [-0.39, 0.29) is 35.0 Å². The van der Waals surface area contributed by atoms with Crippen molar-refractivity contribution in [2.45, 2.75) is 62.7 Å². The number of carbonyl (C=O) groups excluding carboxylic acids is 1. The van der Waals surface area contributed by atoms with E-state index in [4.69, 9.17) is 4.98 Å². The van der Waals surface area contributed by atoms with Crippen molar-refractivity contribution >= 4 is 29.0 Å². The van der Waals surface area contributed by atoms with E-state index in [1.54, 1.807) is 0 Å². The number of aromatic nitrogens is 1. The van der Waals surface area contributed by atoms with Crippen LogP contribution in [0.5, 0.6) is 0 Å². The molecule has 1 aromatic carbocycles. The molecule has 1 aromatic heterocycles. The summed E-state index contributed by atoms with van der Waals surface area (Å²) < 4.78 is 0. The number of amides is 1. The Balaban J connectivity index is 1.30. The van der Waals surface area contributed by atoms with E-state index in [0.717, 1.165) is 51.2 Å². The van der Waals surface area contributed by atoms with Gasteiger partial charge in [0.15, 0.2) is 0 Å². The third-order valence-corrected chi connectivity index (χ3v) is 11.3. The van der Waals surface area contributed by atoms with Gasteiger partial charge in [0, 0.05) is 21.6 Å². The van der Waals surface area contributed by atoms with Crippen molar-refractivity contribution in [1.82, 2.24) is 9.88 Å². The van der Waals surface area contributed by atoms with Gasteiger partial charge in [0.25, 0.3) is 0 Å². The number of piperazine rings is 1. The van der Waals surface area contributed by atoms with Crippen LogP contribution in [-0.2, 0) is 17.0 Å². The van der Waals surface area contributed by atoms with E-state index in [0.29, 0.717) is 0 Å². The summed E-state index contributed by atoms with van der Waals surface area (Å²) in [6.07, 6.45) is 2.54. The van der Waals surface area contributed by atoms with Crippen molar-refractivity contribution in [2.24, 2.45) is 23.2 Å². The molecule has 3 aliphatic rings. The summed E-state index contributed by atoms with van der Waals surface area (Å²) in [5.74, 6) is 1.39. The average Bonchev–Trinajstić information content (AvgIpc) is 3.25. The molecule has 1 saturated heterocycles. The van der Waals surface area contributed by atoms with Crippen molar-refractivity contribution in [3.05, 3.63) is 45.9 Å². The quantitative estimate of drug-likeness (QED) is 0.600. The Morgan fingerprint density at radius 2 is 2.03 bits per heavy atom. The molecule has 1 saturated carbocycles. The summed E-state index contributed by atoms with van der Waals surface area (Å²) in [6, 6.07) is 10.5. The number of rotatable bonds is 5. The zero-order chi connectivity index (χ0) is 24.7. The van der Waals surface area contributed by atoms with Gasteiger partial charge in [-0.2, -0.15) is 0 Å². The first-order chi connectivity index (χ1) is 16.8. The molecule has 2 aliphatic carbocycles. The molecule has 6 atom stereocenters. The van der Waals surface area contributed by atoms with Gasteiger partial charge >= 0.3 is 0 Å². The molecule has 7 heteroatoms. The number of carbonyl (C=O) groups is 1. The van der Waals surface area contributed by atoms with Gasteiger partial charge in [-0.3, -0.25) is 4.79 Å². The molecule has 0 unspecified atom stereocenters. The van der Waals surface area contributed by atoms with Gasteiger partial charge in [0.2, 0.25) is 5.91 Å². The fraction of sp³-hybridized carbons (Fsp3) is 0.643. The Morgan fingerprint density at radius 1 is 1.31 bits per heavy atom. The van der Waals surface area contributed by atoms with Crippen LogP contribution >= 0.6 is 23.1 Å². The minimum absolute atomic E-state index is 0.0309. The third kappa shape index (κ3) is 4.94. The molecule has 2 heterocycles. The lowest BCUT2D eigenvalue weighted by Crippen LogP contribution is -3.12. The van der Waals surface area contributed by atoms with Crippen molar-refractivity contribution in [1.29, 1.82) is 0 Å². The van der Waals surface area contributed by atoms with E-state index >= 15 is 0 Å². The summed E-state index contributed by atoms with van der Waals surface area (Å²) in [4.78, 5) is 24.7. The number of aliphatic hydroxyl groups excluding tert-OH is 1. The first kappa shape index (κ1) is 25.2. The van der Waals surface area contributed by atoms with Crippen LogP contribution in [0.15, 0.2) is 35.2 Å². The fourth-order valence-corrected chi connectivity index (χ4v) is 9.18. The summed E-state index contributed by atoms with van der Waals surface area (Å²) in [6.45, 7) is 10.4. The second-order valence-electron chi connectivity index (χ2n) is 11.4. The first-order valence-electron chi connectivity index (χ1n) is 13.2. The highest BCUT2D eigenvalue weighted by atomic mass is 32.2. The SMILES string of the molecule is C[C@H](C(=O)N1CC[NH+](C)CC1)[C@H]1CC[C@@]2(C)Cc3sc(CSc4ccccc4)nc3[C@@H](C)[C@@H]2[C@H]1O. The standard InChI is InChI=1S/C28H39N3O2S2/c1-18(27(33)31-14-12-30(4)13-15-31)21-10-11-28(3)16-22-25(19(2)24(28)26(21)32)29-23(35-22)17-34-20-8-6-5-7-9-20/h5-9,18-19,21,24,26,32H,10-17H2,1-4H3/p+1/t18-,19-,21+,24+,26-,28-/m0/s1. The van der Waals surface area contributed by atoms with E-state index in [1.165, 1.54) is 25.4 Å². The Morgan fingerprint density at radius 3 is 2.74 bits per heavy atom. The zero-order valence-corrected chi connectivity index (χ0v) is 23.1. The lowest BCUT2D eigenvalue weighted by molar-refractivity contribution is -0.883. The average molecular weight is 515 g/mol. The largest absolute Gasteiger partial charge is 0.392 e. The van der Waals surface area contributed by atoms with E-state index in [1.807, 2.05) is 28.0 Å². The molecule has 35 heavy (non-hydrogen) atoms. The second kappa shape index (κ2) is 10.2. The Hall–Kier alpha value is -1.41. The number of thiazole rings is 1. The Labute approximate surface area is 218 Å². The van der Waals surface area contributed by atoms with Gasteiger partial charge in [0.1, 0.15) is 5.01 Å². The number of quaternary nitrogens is 1. The maximum absolute atomic E-state index is 13.4. The van der Waals surface area contributed by atoms with E-state index in [2.05, 4.69) is 58.2 Å². The number of hydrogen-bond acceptors (Lipinski definition) is 5. The van der Waals surface area contributed by atoms with Crippen LogP contribution in [0.4, 0.5) is 0 Å². The van der Waals surface area contributed by atoms with Crippen molar-refractivity contribution in [2.75, 3.05) is 33.2 Å². The fourth-order valence-electron chi connectivity index (χ4n) is 6.90. The molecule has 1 amide bonds. The molecule has 0 radical (unpaired) electrons. The normalized spacial score (nSPS) is 32.1. The van der Waals surface area contributed by atoms with Crippen LogP contribution in [-0.4, -0.2) is 60.2 Å². The molecule has 2 fully saturated rings. The molecular weight excluding hydrogens is 474 g/mol. The molecule has 0 spiro atoms. The smallest absolute Gasteiger partial charge is 0.226 e. The predicted molar refractivity (Wildman–Crippen MR) is 143 cm³/mol. The number of thioether (sulfide) groups is 1. The molecule has 1 aliphatic heterocycles. The monoisotopic (exact) mass is 514 g/mol. The topological polar surface area (TPSA) is 57.9 Å². The van der Waals surface area contributed by atoms with Crippen molar-refractivity contribution in [3.8, 4) is 0 Å². The summed E-state index contributed by atoms with van der Waals surface area (Å²) >= 11 is 3.71. The van der Waals surface area contributed by atoms with Gasteiger partial charge < -0.3 is 14.9 Å².